The van der Waals surface area contributed by atoms with Crippen molar-refractivity contribution in [2.24, 2.45) is 0 Å². The first-order valence-corrected chi connectivity index (χ1v) is 8.28. The molecule has 1 aromatic heterocycles. The fourth-order valence-electron chi connectivity index (χ4n) is 1.81. The first kappa shape index (κ1) is 17.1. The van der Waals surface area contributed by atoms with E-state index in [1.54, 1.807) is 18.2 Å². The van der Waals surface area contributed by atoms with Crippen LogP contribution in [-0.2, 0) is 11.2 Å². The highest BCUT2D eigenvalue weighted by atomic mass is 127. The van der Waals surface area contributed by atoms with Crippen LogP contribution in [0.5, 0.6) is 5.75 Å². The number of amides is 1. The van der Waals surface area contributed by atoms with Crippen molar-refractivity contribution in [3.63, 3.8) is 0 Å². The zero-order chi connectivity index (χ0) is 16.3. The fraction of sp³-hybridized carbons (Fsp3) is 0.143. The van der Waals surface area contributed by atoms with Gasteiger partial charge in [-0.1, -0.05) is 0 Å². The van der Waals surface area contributed by atoms with Crippen molar-refractivity contribution in [2.75, 3.05) is 0 Å². The molecule has 0 radical (unpaired) electrons. The minimum atomic E-state index is -1.14. The molecule has 2 aromatic rings. The summed E-state index contributed by atoms with van der Waals surface area (Å²) in [5.74, 6) is -1.50. The molecule has 1 aromatic carbocycles. The zero-order valence-electron chi connectivity index (χ0n) is 11.0. The molecule has 0 unspecified atom stereocenters. The number of phenols is 1. The standard InChI is InChI=1S/C14H11I2NO5/c15-8-4-7(5-9(16)12(8)18)6-10(14(20)21)17-13(19)11-2-1-3-22-11/h1-5,10,18H,6H2,(H,17,19)(H,20,21)/t10-/m1/s1. The number of carboxylic acid groups (broad SMARTS) is 1. The van der Waals surface area contributed by atoms with E-state index in [1.165, 1.54) is 12.3 Å². The number of hydrogen-bond donors (Lipinski definition) is 3. The normalized spacial score (nSPS) is 11.9. The zero-order valence-corrected chi connectivity index (χ0v) is 15.4. The number of aliphatic carboxylic acids is 1. The van der Waals surface area contributed by atoms with E-state index in [4.69, 9.17) is 4.42 Å². The highest BCUT2D eigenvalue weighted by Gasteiger charge is 2.23. The fourth-order valence-corrected chi connectivity index (χ4v) is 3.71. The average molecular weight is 527 g/mol. The quantitative estimate of drug-likeness (QED) is 0.520. The number of halogens is 2. The second-order valence-electron chi connectivity index (χ2n) is 4.45. The molecule has 1 amide bonds. The third kappa shape index (κ3) is 4.12. The molecule has 0 spiro atoms. The molecule has 2 rings (SSSR count). The molecule has 0 aliphatic rings. The van der Waals surface area contributed by atoms with Gasteiger partial charge in [0.15, 0.2) is 5.76 Å². The van der Waals surface area contributed by atoms with Crippen molar-refractivity contribution in [3.8, 4) is 5.75 Å². The number of benzene rings is 1. The summed E-state index contributed by atoms with van der Waals surface area (Å²) in [4.78, 5) is 23.2. The number of hydrogen-bond acceptors (Lipinski definition) is 4. The third-order valence-electron chi connectivity index (χ3n) is 2.86. The van der Waals surface area contributed by atoms with Crippen LogP contribution in [0.3, 0.4) is 0 Å². The molecule has 22 heavy (non-hydrogen) atoms. The maximum absolute atomic E-state index is 11.9. The van der Waals surface area contributed by atoms with Gasteiger partial charge in [-0.3, -0.25) is 4.79 Å². The topological polar surface area (TPSA) is 99.8 Å². The molecule has 6 nitrogen and oxygen atoms in total. The van der Waals surface area contributed by atoms with Gasteiger partial charge in [0.2, 0.25) is 0 Å². The summed E-state index contributed by atoms with van der Waals surface area (Å²) in [6, 6.07) is 5.30. The predicted molar refractivity (Wildman–Crippen MR) is 94.8 cm³/mol. The lowest BCUT2D eigenvalue weighted by molar-refractivity contribution is -0.139. The predicted octanol–water partition coefficient (Wildman–Crippen LogP) is 2.62. The summed E-state index contributed by atoms with van der Waals surface area (Å²) in [5.41, 5.74) is 0.707. The van der Waals surface area contributed by atoms with Gasteiger partial charge in [-0.25, -0.2) is 4.79 Å². The number of carbonyl (C=O) groups is 2. The Morgan fingerprint density at radius 1 is 1.27 bits per heavy atom. The number of carbonyl (C=O) groups excluding carboxylic acids is 1. The number of aromatic hydroxyl groups is 1. The molecular formula is C14H11I2NO5. The molecule has 1 atom stereocenters. The number of phenolic OH excluding ortho intramolecular Hbond substituents is 1. The van der Waals surface area contributed by atoms with Gasteiger partial charge in [0, 0.05) is 6.42 Å². The molecule has 3 N–H and O–H groups in total. The molecule has 0 aliphatic carbocycles. The number of furan rings is 1. The summed E-state index contributed by atoms with van der Waals surface area (Å²) >= 11 is 3.94. The first-order chi connectivity index (χ1) is 10.4. The Kier molecular flexibility index (Phi) is 5.67. The second-order valence-corrected chi connectivity index (χ2v) is 6.78. The van der Waals surface area contributed by atoms with Crippen LogP contribution in [-0.4, -0.2) is 28.1 Å². The summed E-state index contributed by atoms with van der Waals surface area (Å²) in [5, 5.41) is 21.4. The second kappa shape index (κ2) is 7.31. The van der Waals surface area contributed by atoms with Crippen LogP contribution in [0.4, 0.5) is 0 Å². The van der Waals surface area contributed by atoms with E-state index >= 15 is 0 Å². The minimum Gasteiger partial charge on any atom is -0.506 e. The van der Waals surface area contributed by atoms with Gasteiger partial charge in [0.05, 0.1) is 13.4 Å². The molecule has 0 saturated heterocycles. The van der Waals surface area contributed by atoms with Crippen LogP contribution in [0.15, 0.2) is 34.9 Å². The van der Waals surface area contributed by atoms with Crippen LogP contribution in [0.25, 0.3) is 0 Å². The van der Waals surface area contributed by atoms with Crippen molar-refractivity contribution in [1.82, 2.24) is 5.32 Å². The van der Waals surface area contributed by atoms with Gasteiger partial charge in [-0.05, 0) is 75.0 Å². The lowest BCUT2D eigenvalue weighted by Crippen LogP contribution is -2.42. The maximum Gasteiger partial charge on any atom is 0.326 e. The molecule has 0 saturated carbocycles. The molecule has 1 heterocycles. The highest BCUT2D eigenvalue weighted by Crippen LogP contribution is 2.27. The summed E-state index contributed by atoms with van der Waals surface area (Å²) in [7, 11) is 0. The van der Waals surface area contributed by atoms with Crippen LogP contribution >= 0.6 is 45.2 Å². The van der Waals surface area contributed by atoms with Crippen molar-refractivity contribution in [2.45, 2.75) is 12.5 Å². The summed E-state index contributed by atoms with van der Waals surface area (Å²) < 4.78 is 6.19. The molecular weight excluding hydrogens is 516 g/mol. The first-order valence-electron chi connectivity index (χ1n) is 6.12. The number of nitrogens with one attached hydrogen (secondary N) is 1. The monoisotopic (exact) mass is 527 g/mol. The van der Waals surface area contributed by atoms with Crippen molar-refractivity contribution >= 4 is 57.1 Å². The highest BCUT2D eigenvalue weighted by molar-refractivity contribution is 14.1. The summed E-state index contributed by atoms with van der Waals surface area (Å²) in [6.07, 6.45) is 1.45. The molecule has 8 heteroatoms. The Balaban J connectivity index is 2.16. The minimum absolute atomic E-state index is 0.0566. The van der Waals surface area contributed by atoms with Gasteiger partial charge >= 0.3 is 5.97 Å². The van der Waals surface area contributed by atoms with Gasteiger partial charge < -0.3 is 19.9 Å². The Morgan fingerprint density at radius 3 is 2.41 bits per heavy atom. The lowest BCUT2D eigenvalue weighted by Gasteiger charge is -2.14. The Bertz CT molecular complexity index is 676. The van der Waals surface area contributed by atoms with Crippen LogP contribution in [0.1, 0.15) is 16.1 Å². The van der Waals surface area contributed by atoms with Gasteiger partial charge in [-0.15, -0.1) is 0 Å². The third-order valence-corrected chi connectivity index (χ3v) is 4.51. The van der Waals surface area contributed by atoms with Crippen molar-refractivity contribution < 1.29 is 24.2 Å². The van der Waals surface area contributed by atoms with E-state index in [0.29, 0.717) is 12.7 Å². The van der Waals surface area contributed by atoms with E-state index in [-0.39, 0.29) is 17.9 Å². The Labute approximate surface area is 153 Å². The van der Waals surface area contributed by atoms with Crippen LogP contribution in [0, 0.1) is 7.14 Å². The Morgan fingerprint density at radius 2 is 1.91 bits per heavy atom. The van der Waals surface area contributed by atoms with Gasteiger partial charge in [0.1, 0.15) is 11.8 Å². The van der Waals surface area contributed by atoms with Crippen molar-refractivity contribution in [1.29, 1.82) is 0 Å². The van der Waals surface area contributed by atoms with E-state index in [9.17, 15) is 19.8 Å². The average Bonchev–Trinajstić information content (AvgIpc) is 2.98. The lowest BCUT2D eigenvalue weighted by atomic mass is 10.1. The van der Waals surface area contributed by atoms with Gasteiger partial charge in [-0.2, -0.15) is 0 Å². The van der Waals surface area contributed by atoms with Crippen molar-refractivity contribution in [3.05, 3.63) is 49.0 Å². The molecule has 0 aliphatic heterocycles. The van der Waals surface area contributed by atoms with E-state index in [1.807, 2.05) is 45.2 Å². The smallest absolute Gasteiger partial charge is 0.326 e. The number of carboxylic acids is 1. The molecule has 0 fully saturated rings. The van der Waals surface area contributed by atoms with Gasteiger partial charge in [0.25, 0.3) is 5.91 Å². The largest absolute Gasteiger partial charge is 0.506 e. The van der Waals surface area contributed by atoms with E-state index < -0.39 is 17.9 Å². The van der Waals surface area contributed by atoms with E-state index in [2.05, 4.69) is 5.32 Å². The summed E-state index contributed by atoms with van der Waals surface area (Å²) in [6.45, 7) is 0. The maximum atomic E-state index is 11.9. The molecule has 116 valence electrons. The van der Waals surface area contributed by atoms with E-state index in [0.717, 1.165) is 0 Å². The number of rotatable bonds is 5. The Hall–Kier alpha value is -1.30. The molecule has 0 bridgehead atoms. The van der Waals surface area contributed by atoms with Crippen LogP contribution < -0.4 is 5.32 Å². The van der Waals surface area contributed by atoms with Crippen LogP contribution in [0.2, 0.25) is 0 Å². The SMILES string of the molecule is O=C(N[C@H](Cc1cc(I)c(O)c(I)c1)C(=O)O)c1ccco1.